The summed E-state index contributed by atoms with van der Waals surface area (Å²) in [5.74, 6) is -1.44. The summed E-state index contributed by atoms with van der Waals surface area (Å²) in [5.41, 5.74) is 0.691. The minimum Gasteiger partial charge on any atom is -0.481 e. The largest absolute Gasteiger partial charge is 0.481 e. The summed E-state index contributed by atoms with van der Waals surface area (Å²) in [6.07, 6.45) is 0.685. The summed E-state index contributed by atoms with van der Waals surface area (Å²) < 4.78 is 23.6. The van der Waals surface area contributed by atoms with E-state index in [1.807, 2.05) is 6.07 Å². The monoisotopic (exact) mass is 348 g/mol. The number of carboxylic acid groups (broad SMARTS) is 1. The highest BCUT2D eigenvalue weighted by atomic mass is 79.9. The van der Waals surface area contributed by atoms with E-state index in [0.29, 0.717) is 18.4 Å². The zero-order valence-electron chi connectivity index (χ0n) is 10.7. The third-order valence-electron chi connectivity index (χ3n) is 2.94. The van der Waals surface area contributed by atoms with Crippen LogP contribution in [0.4, 0.5) is 0 Å². The second-order valence-corrected chi connectivity index (χ2v) is 7.71. The Morgan fingerprint density at radius 3 is 2.63 bits per heavy atom. The Labute approximate surface area is 121 Å². The molecular weight excluding hydrogens is 332 g/mol. The molecular formula is C13H17BrO4S. The highest BCUT2D eigenvalue weighted by molar-refractivity contribution is 9.10. The number of sulfone groups is 1. The maximum atomic E-state index is 11.4. The van der Waals surface area contributed by atoms with Gasteiger partial charge in [0, 0.05) is 10.2 Å². The predicted molar refractivity (Wildman–Crippen MR) is 78.1 cm³/mol. The Morgan fingerprint density at radius 2 is 2.11 bits per heavy atom. The van der Waals surface area contributed by atoms with Gasteiger partial charge in [-0.1, -0.05) is 35.0 Å². The SMILES string of the molecule is CCS(=O)(=O)CCCC(C(=O)O)c1cccc(Br)c1. The van der Waals surface area contributed by atoms with Crippen LogP contribution in [0.1, 0.15) is 31.2 Å². The molecule has 0 radical (unpaired) electrons. The Hall–Kier alpha value is -0.880. The summed E-state index contributed by atoms with van der Waals surface area (Å²) in [6.45, 7) is 1.60. The van der Waals surface area contributed by atoms with Gasteiger partial charge in [-0.3, -0.25) is 4.79 Å². The number of aliphatic carboxylic acids is 1. The third kappa shape index (κ3) is 5.32. The molecule has 0 heterocycles. The highest BCUT2D eigenvalue weighted by Gasteiger charge is 2.20. The molecule has 106 valence electrons. The van der Waals surface area contributed by atoms with Crippen molar-refractivity contribution >= 4 is 31.7 Å². The van der Waals surface area contributed by atoms with Gasteiger partial charge in [-0.15, -0.1) is 0 Å². The minimum absolute atomic E-state index is 0.0429. The molecule has 0 saturated carbocycles. The number of carbonyl (C=O) groups is 1. The molecule has 0 spiro atoms. The zero-order chi connectivity index (χ0) is 14.5. The molecule has 0 aromatic heterocycles. The lowest BCUT2D eigenvalue weighted by Gasteiger charge is -2.13. The number of hydrogen-bond donors (Lipinski definition) is 1. The maximum absolute atomic E-state index is 11.4. The van der Waals surface area contributed by atoms with Crippen LogP contribution in [0.5, 0.6) is 0 Å². The Balaban J connectivity index is 2.72. The highest BCUT2D eigenvalue weighted by Crippen LogP contribution is 2.24. The van der Waals surface area contributed by atoms with Crippen LogP contribution >= 0.6 is 15.9 Å². The van der Waals surface area contributed by atoms with Crippen molar-refractivity contribution in [2.45, 2.75) is 25.7 Å². The van der Waals surface area contributed by atoms with Crippen LogP contribution in [0.15, 0.2) is 28.7 Å². The second kappa shape index (κ2) is 7.05. The Morgan fingerprint density at radius 1 is 1.42 bits per heavy atom. The normalized spacial score (nSPS) is 13.2. The van der Waals surface area contributed by atoms with Crippen LogP contribution in [0.2, 0.25) is 0 Å². The molecule has 0 amide bonds. The van der Waals surface area contributed by atoms with E-state index in [4.69, 9.17) is 0 Å². The fraction of sp³-hybridized carbons (Fsp3) is 0.462. The molecule has 4 nitrogen and oxygen atoms in total. The zero-order valence-corrected chi connectivity index (χ0v) is 13.1. The molecule has 0 saturated heterocycles. The van der Waals surface area contributed by atoms with E-state index in [0.717, 1.165) is 4.47 Å². The van der Waals surface area contributed by atoms with E-state index in [1.54, 1.807) is 25.1 Å². The average Bonchev–Trinajstić information content (AvgIpc) is 2.34. The molecule has 0 bridgehead atoms. The summed E-state index contributed by atoms with van der Waals surface area (Å²) in [7, 11) is -3.03. The summed E-state index contributed by atoms with van der Waals surface area (Å²) in [4.78, 5) is 11.3. The standard InChI is InChI=1S/C13H17BrO4S/c1-2-19(17,18)8-4-7-12(13(15)16)10-5-3-6-11(14)9-10/h3,5-6,9,12H,2,4,7-8H2,1H3,(H,15,16). The molecule has 0 aliphatic carbocycles. The summed E-state index contributed by atoms with van der Waals surface area (Å²) >= 11 is 3.30. The first kappa shape index (κ1) is 16.2. The molecule has 6 heteroatoms. The molecule has 1 aromatic rings. The van der Waals surface area contributed by atoms with Crippen LogP contribution in [-0.2, 0) is 14.6 Å². The number of halogens is 1. The first-order chi connectivity index (χ1) is 8.85. The van der Waals surface area contributed by atoms with Gasteiger partial charge in [0.15, 0.2) is 0 Å². The van der Waals surface area contributed by atoms with E-state index in [2.05, 4.69) is 15.9 Å². The fourth-order valence-electron chi connectivity index (χ4n) is 1.81. The molecule has 1 N–H and O–H groups in total. The number of benzene rings is 1. The summed E-state index contributed by atoms with van der Waals surface area (Å²) in [6, 6.07) is 7.10. The number of hydrogen-bond acceptors (Lipinski definition) is 3. The van der Waals surface area contributed by atoms with E-state index in [1.165, 1.54) is 0 Å². The quantitative estimate of drug-likeness (QED) is 0.822. The maximum Gasteiger partial charge on any atom is 0.310 e. The van der Waals surface area contributed by atoms with Gasteiger partial charge in [-0.25, -0.2) is 8.42 Å². The molecule has 19 heavy (non-hydrogen) atoms. The first-order valence-electron chi connectivity index (χ1n) is 6.04. The molecule has 1 aromatic carbocycles. The van der Waals surface area contributed by atoms with Gasteiger partial charge in [0.05, 0.1) is 11.7 Å². The van der Waals surface area contributed by atoms with E-state index in [-0.39, 0.29) is 11.5 Å². The van der Waals surface area contributed by atoms with Crippen molar-refractivity contribution in [3.63, 3.8) is 0 Å². The average molecular weight is 349 g/mol. The van der Waals surface area contributed by atoms with Crippen molar-refractivity contribution < 1.29 is 18.3 Å². The summed E-state index contributed by atoms with van der Waals surface area (Å²) in [5, 5.41) is 9.24. The fourth-order valence-corrected chi connectivity index (χ4v) is 3.12. The molecule has 1 rings (SSSR count). The lowest BCUT2D eigenvalue weighted by Crippen LogP contribution is -2.15. The van der Waals surface area contributed by atoms with E-state index < -0.39 is 21.7 Å². The van der Waals surface area contributed by atoms with Crippen LogP contribution in [0.25, 0.3) is 0 Å². The first-order valence-corrected chi connectivity index (χ1v) is 8.66. The lowest BCUT2D eigenvalue weighted by atomic mass is 9.95. The van der Waals surface area contributed by atoms with Crippen LogP contribution < -0.4 is 0 Å². The molecule has 1 unspecified atom stereocenters. The van der Waals surface area contributed by atoms with Crippen LogP contribution in [0.3, 0.4) is 0 Å². The van der Waals surface area contributed by atoms with Crippen molar-refractivity contribution in [2.75, 3.05) is 11.5 Å². The lowest BCUT2D eigenvalue weighted by molar-refractivity contribution is -0.139. The van der Waals surface area contributed by atoms with Gasteiger partial charge in [-0.2, -0.15) is 0 Å². The Bertz CT molecular complexity index is 539. The Kier molecular flexibility index (Phi) is 6.00. The van der Waals surface area contributed by atoms with E-state index in [9.17, 15) is 18.3 Å². The number of rotatable bonds is 7. The molecule has 0 aliphatic heterocycles. The van der Waals surface area contributed by atoms with Crippen molar-refractivity contribution in [3.8, 4) is 0 Å². The van der Waals surface area contributed by atoms with Gasteiger partial charge in [0.1, 0.15) is 9.84 Å². The van der Waals surface area contributed by atoms with Crippen LogP contribution in [-0.4, -0.2) is 31.0 Å². The van der Waals surface area contributed by atoms with Crippen LogP contribution in [0, 0.1) is 0 Å². The van der Waals surface area contributed by atoms with Gasteiger partial charge in [-0.05, 0) is 30.5 Å². The van der Waals surface area contributed by atoms with Gasteiger partial charge < -0.3 is 5.11 Å². The van der Waals surface area contributed by atoms with Crippen molar-refractivity contribution in [3.05, 3.63) is 34.3 Å². The molecule has 1 atom stereocenters. The smallest absolute Gasteiger partial charge is 0.310 e. The topological polar surface area (TPSA) is 71.4 Å². The third-order valence-corrected chi connectivity index (χ3v) is 5.22. The van der Waals surface area contributed by atoms with Crippen molar-refractivity contribution in [1.29, 1.82) is 0 Å². The van der Waals surface area contributed by atoms with Gasteiger partial charge >= 0.3 is 5.97 Å². The molecule has 0 aliphatic rings. The minimum atomic E-state index is -3.03. The van der Waals surface area contributed by atoms with Crippen molar-refractivity contribution in [2.24, 2.45) is 0 Å². The second-order valence-electron chi connectivity index (χ2n) is 4.32. The van der Waals surface area contributed by atoms with E-state index >= 15 is 0 Å². The predicted octanol–water partition coefficient (Wildman–Crippen LogP) is 2.83. The van der Waals surface area contributed by atoms with Gasteiger partial charge in [0.25, 0.3) is 0 Å². The van der Waals surface area contributed by atoms with Crippen molar-refractivity contribution in [1.82, 2.24) is 0 Å². The number of carboxylic acids is 1. The van der Waals surface area contributed by atoms with Gasteiger partial charge in [0.2, 0.25) is 0 Å². The molecule has 0 fully saturated rings.